The minimum absolute atomic E-state index is 0.146. The Morgan fingerprint density at radius 2 is 2.05 bits per heavy atom. The summed E-state index contributed by atoms with van der Waals surface area (Å²) in [6.07, 6.45) is 0.687. The molecule has 2 unspecified atom stereocenters. The molecular weight excluding hydrogens is 292 g/mol. The molecule has 0 aliphatic heterocycles. The van der Waals surface area contributed by atoms with E-state index in [-0.39, 0.29) is 24.7 Å². The molecule has 0 aliphatic rings. The van der Waals surface area contributed by atoms with Crippen molar-refractivity contribution in [2.75, 3.05) is 6.54 Å². The fraction of sp³-hybridized carbons (Fsp3) is 0.467. The summed E-state index contributed by atoms with van der Waals surface area (Å²) in [6.45, 7) is 5.25. The molecule has 0 saturated carbocycles. The Bertz CT molecular complexity index is 507. The average molecular weight is 313 g/mol. The van der Waals surface area contributed by atoms with Gasteiger partial charge in [0.2, 0.25) is 0 Å². The molecule has 0 heterocycles. The molecule has 21 heavy (non-hydrogen) atoms. The number of halogens is 1. The Morgan fingerprint density at radius 1 is 1.38 bits per heavy atom. The highest BCUT2D eigenvalue weighted by atomic mass is 35.5. The number of carboxylic acid groups (broad SMARTS) is 1. The van der Waals surface area contributed by atoms with Crippen molar-refractivity contribution < 1.29 is 14.7 Å². The van der Waals surface area contributed by atoms with Crippen LogP contribution in [0.4, 0.5) is 4.79 Å². The summed E-state index contributed by atoms with van der Waals surface area (Å²) in [5, 5.41) is 12.3. The predicted octanol–water partition coefficient (Wildman–Crippen LogP) is 3.30. The molecular formula is C15H21ClN2O3. The standard InChI is InChI=1S/C15H21ClN2O3/c1-4-10(2)18(9-14(19)20)15(21)17-11(3)12-6-5-7-13(16)8-12/h5-8,10-11H,4,9H2,1-3H3,(H,17,21)(H,19,20). The van der Waals surface area contributed by atoms with Gasteiger partial charge < -0.3 is 15.3 Å². The van der Waals surface area contributed by atoms with Crippen LogP contribution in [0.25, 0.3) is 0 Å². The van der Waals surface area contributed by atoms with Crippen molar-refractivity contribution in [3.05, 3.63) is 34.9 Å². The van der Waals surface area contributed by atoms with Gasteiger partial charge in [-0.1, -0.05) is 30.7 Å². The molecule has 5 nitrogen and oxygen atoms in total. The van der Waals surface area contributed by atoms with Crippen molar-refractivity contribution >= 4 is 23.6 Å². The molecule has 0 spiro atoms. The quantitative estimate of drug-likeness (QED) is 0.846. The van der Waals surface area contributed by atoms with E-state index < -0.39 is 5.97 Å². The van der Waals surface area contributed by atoms with Crippen LogP contribution in [-0.2, 0) is 4.79 Å². The summed E-state index contributed by atoms with van der Waals surface area (Å²) < 4.78 is 0. The zero-order chi connectivity index (χ0) is 16.0. The molecule has 116 valence electrons. The number of nitrogens with zero attached hydrogens (tertiary/aromatic N) is 1. The van der Waals surface area contributed by atoms with Gasteiger partial charge in [0.05, 0.1) is 6.04 Å². The number of carbonyl (C=O) groups is 2. The van der Waals surface area contributed by atoms with Crippen LogP contribution in [0.3, 0.4) is 0 Å². The minimum atomic E-state index is -1.03. The maximum atomic E-state index is 12.3. The number of amides is 2. The van der Waals surface area contributed by atoms with Gasteiger partial charge in [0, 0.05) is 11.1 Å². The van der Waals surface area contributed by atoms with E-state index in [1.54, 1.807) is 12.1 Å². The normalized spacial score (nSPS) is 13.3. The fourth-order valence-corrected chi connectivity index (χ4v) is 2.12. The molecule has 0 bridgehead atoms. The highest BCUT2D eigenvalue weighted by molar-refractivity contribution is 6.30. The number of rotatable bonds is 6. The summed E-state index contributed by atoms with van der Waals surface area (Å²) in [6, 6.07) is 6.42. The van der Waals surface area contributed by atoms with Crippen LogP contribution < -0.4 is 5.32 Å². The van der Waals surface area contributed by atoms with Crippen molar-refractivity contribution in [2.24, 2.45) is 0 Å². The van der Waals surface area contributed by atoms with Crippen molar-refractivity contribution in [3.63, 3.8) is 0 Å². The van der Waals surface area contributed by atoms with Crippen LogP contribution in [0.1, 0.15) is 38.8 Å². The highest BCUT2D eigenvalue weighted by Gasteiger charge is 2.23. The number of carbonyl (C=O) groups excluding carboxylic acids is 1. The van der Waals surface area contributed by atoms with Crippen molar-refractivity contribution in [1.82, 2.24) is 10.2 Å². The molecule has 2 N–H and O–H groups in total. The number of benzene rings is 1. The Morgan fingerprint density at radius 3 is 2.57 bits per heavy atom. The molecule has 6 heteroatoms. The second-order valence-electron chi connectivity index (χ2n) is 5.01. The lowest BCUT2D eigenvalue weighted by Gasteiger charge is -2.28. The van der Waals surface area contributed by atoms with E-state index in [1.807, 2.05) is 32.9 Å². The first-order valence-electron chi connectivity index (χ1n) is 6.89. The number of urea groups is 1. The molecule has 0 radical (unpaired) electrons. The summed E-state index contributed by atoms with van der Waals surface area (Å²) in [4.78, 5) is 24.5. The Kier molecular flexibility index (Phi) is 6.49. The summed E-state index contributed by atoms with van der Waals surface area (Å²) in [7, 11) is 0. The second kappa shape index (κ2) is 7.88. The second-order valence-corrected chi connectivity index (χ2v) is 5.44. The zero-order valence-corrected chi connectivity index (χ0v) is 13.2. The lowest BCUT2D eigenvalue weighted by molar-refractivity contribution is -0.138. The van der Waals surface area contributed by atoms with Gasteiger partial charge in [-0.25, -0.2) is 4.79 Å². The first-order chi connectivity index (χ1) is 9.85. The van der Waals surface area contributed by atoms with Crippen LogP contribution >= 0.6 is 11.6 Å². The maximum Gasteiger partial charge on any atom is 0.323 e. The fourth-order valence-electron chi connectivity index (χ4n) is 1.92. The number of hydrogen-bond donors (Lipinski definition) is 2. The third-order valence-electron chi connectivity index (χ3n) is 3.38. The number of hydrogen-bond acceptors (Lipinski definition) is 2. The molecule has 0 saturated heterocycles. The van der Waals surface area contributed by atoms with E-state index in [0.29, 0.717) is 11.4 Å². The van der Waals surface area contributed by atoms with Gasteiger partial charge >= 0.3 is 12.0 Å². The van der Waals surface area contributed by atoms with Crippen LogP contribution in [-0.4, -0.2) is 34.6 Å². The lowest BCUT2D eigenvalue weighted by atomic mass is 10.1. The van der Waals surface area contributed by atoms with Gasteiger partial charge in [-0.2, -0.15) is 0 Å². The molecule has 1 aromatic carbocycles. The summed E-state index contributed by atoms with van der Waals surface area (Å²) in [5.41, 5.74) is 0.871. The highest BCUT2D eigenvalue weighted by Crippen LogP contribution is 2.18. The van der Waals surface area contributed by atoms with Crippen LogP contribution in [0.5, 0.6) is 0 Å². The Balaban J connectivity index is 2.78. The molecule has 1 aromatic rings. The largest absolute Gasteiger partial charge is 0.480 e. The predicted molar refractivity (Wildman–Crippen MR) is 82.5 cm³/mol. The van der Waals surface area contributed by atoms with E-state index in [0.717, 1.165) is 5.56 Å². The third kappa shape index (κ3) is 5.27. The minimum Gasteiger partial charge on any atom is -0.480 e. The van der Waals surface area contributed by atoms with Gasteiger partial charge in [0.1, 0.15) is 6.54 Å². The third-order valence-corrected chi connectivity index (χ3v) is 3.61. The van der Waals surface area contributed by atoms with Gasteiger partial charge in [0.15, 0.2) is 0 Å². The van der Waals surface area contributed by atoms with E-state index in [2.05, 4.69) is 5.32 Å². The Hall–Kier alpha value is -1.75. The van der Waals surface area contributed by atoms with Gasteiger partial charge in [-0.15, -0.1) is 0 Å². The lowest BCUT2D eigenvalue weighted by Crippen LogP contribution is -2.47. The molecule has 0 fully saturated rings. The monoisotopic (exact) mass is 312 g/mol. The van der Waals surface area contributed by atoms with Crippen LogP contribution in [0, 0.1) is 0 Å². The molecule has 2 amide bonds. The summed E-state index contributed by atoms with van der Waals surface area (Å²) >= 11 is 5.93. The zero-order valence-electron chi connectivity index (χ0n) is 12.5. The van der Waals surface area contributed by atoms with Gasteiger partial charge in [-0.05, 0) is 38.0 Å². The van der Waals surface area contributed by atoms with E-state index in [9.17, 15) is 9.59 Å². The molecule has 1 rings (SSSR count). The number of carboxylic acids is 1. The molecule has 0 aliphatic carbocycles. The first kappa shape index (κ1) is 17.3. The Labute approximate surface area is 129 Å². The SMILES string of the molecule is CCC(C)N(CC(=O)O)C(=O)NC(C)c1cccc(Cl)c1. The van der Waals surface area contributed by atoms with E-state index >= 15 is 0 Å². The van der Waals surface area contributed by atoms with E-state index in [1.165, 1.54) is 4.90 Å². The number of nitrogens with one attached hydrogen (secondary N) is 1. The summed E-state index contributed by atoms with van der Waals surface area (Å²) in [5.74, 6) is -1.03. The van der Waals surface area contributed by atoms with Crippen molar-refractivity contribution in [3.8, 4) is 0 Å². The average Bonchev–Trinajstić information content (AvgIpc) is 2.43. The van der Waals surface area contributed by atoms with Gasteiger partial charge in [0.25, 0.3) is 0 Å². The van der Waals surface area contributed by atoms with Crippen LogP contribution in [0.15, 0.2) is 24.3 Å². The molecule has 0 aromatic heterocycles. The number of aliphatic carboxylic acids is 1. The van der Waals surface area contributed by atoms with Crippen LogP contribution in [0.2, 0.25) is 5.02 Å². The van der Waals surface area contributed by atoms with Crippen molar-refractivity contribution in [1.29, 1.82) is 0 Å². The molecule has 2 atom stereocenters. The first-order valence-corrected chi connectivity index (χ1v) is 7.27. The van der Waals surface area contributed by atoms with E-state index in [4.69, 9.17) is 16.7 Å². The van der Waals surface area contributed by atoms with Crippen molar-refractivity contribution in [2.45, 2.75) is 39.3 Å². The van der Waals surface area contributed by atoms with Gasteiger partial charge in [-0.3, -0.25) is 4.79 Å². The maximum absolute atomic E-state index is 12.3. The smallest absolute Gasteiger partial charge is 0.323 e. The topological polar surface area (TPSA) is 69.6 Å².